The van der Waals surface area contributed by atoms with Crippen molar-refractivity contribution in [2.24, 2.45) is 5.92 Å². The number of aromatic nitrogens is 2. The number of ether oxygens (including phenoxy) is 1. The molecule has 0 saturated carbocycles. The Balaban J connectivity index is 1.57. The van der Waals surface area contributed by atoms with E-state index < -0.39 is 0 Å². The second kappa shape index (κ2) is 9.74. The lowest BCUT2D eigenvalue weighted by molar-refractivity contribution is -0.117. The van der Waals surface area contributed by atoms with E-state index in [4.69, 9.17) is 10.5 Å². The number of rotatable bonds is 9. The molecule has 0 unspecified atom stereocenters. The second-order valence-corrected chi connectivity index (χ2v) is 8.85. The van der Waals surface area contributed by atoms with Crippen LogP contribution in [0.2, 0.25) is 0 Å². The van der Waals surface area contributed by atoms with Gasteiger partial charge in [-0.2, -0.15) is 9.97 Å². The molecule has 162 valence electrons. The van der Waals surface area contributed by atoms with Crippen LogP contribution in [0.1, 0.15) is 71.8 Å². The number of carbonyl (C=O) groups excluding carboxylic acids is 1. The fraction of sp³-hybridized carbons (Fsp3) is 0.773. The van der Waals surface area contributed by atoms with Crippen LogP contribution in [0.5, 0.6) is 6.01 Å². The van der Waals surface area contributed by atoms with Gasteiger partial charge in [0.1, 0.15) is 11.6 Å². The molecule has 0 spiro atoms. The Morgan fingerprint density at radius 3 is 2.59 bits per heavy atom. The maximum absolute atomic E-state index is 12.6. The second-order valence-electron chi connectivity index (χ2n) is 8.85. The zero-order valence-electron chi connectivity index (χ0n) is 18.5. The van der Waals surface area contributed by atoms with E-state index in [0.29, 0.717) is 30.6 Å². The summed E-state index contributed by atoms with van der Waals surface area (Å²) in [4.78, 5) is 25.7. The van der Waals surface area contributed by atoms with Crippen molar-refractivity contribution < 1.29 is 9.53 Å². The van der Waals surface area contributed by atoms with E-state index in [1.807, 2.05) is 6.92 Å². The van der Waals surface area contributed by atoms with Gasteiger partial charge in [-0.25, -0.2) is 0 Å². The molecule has 1 atom stereocenters. The summed E-state index contributed by atoms with van der Waals surface area (Å²) in [6.07, 6.45) is 6.93. The average Bonchev–Trinajstić information content (AvgIpc) is 2.99. The highest BCUT2D eigenvalue weighted by molar-refractivity contribution is 6.01. The molecule has 3 heterocycles. The first-order valence-corrected chi connectivity index (χ1v) is 11.3. The Morgan fingerprint density at radius 2 is 1.93 bits per heavy atom. The number of nitrogens with zero attached hydrogens (tertiary/aromatic N) is 4. The number of piperidine rings is 1. The Hall–Kier alpha value is -1.89. The van der Waals surface area contributed by atoms with Crippen molar-refractivity contribution in [3.05, 3.63) is 5.56 Å². The first-order chi connectivity index (χ1) is 13.9. The molecule has 0 aliphatic carbocycles. The van der Waals surface area contributed by atoms with Gasteiger partial charge in [0, 0.05) is 18.2 Å². The van der Waals surface area contributed by atoms with Gasteiger partial charge in [0.15, 0.2) is 0 Å². The van der Waals surface area contributed by atoms with E-state index in [9.17, 15) is 4.79 Å². The largest absolute Gasteiger partial charge is 0.460 e. The highest BCUT2D eigenvalue weighted by Gasteiger charge is 2.32. The number of anilines is 2. The maximum atomic E-state index is 12.6. The summed E-state index contributed by atoms with van der Waals surface area (Å²) < 4.78 is 5.83. The summed E-state index contributed by atoms with van der Waals surface area (Å²) in [5.74, 6) is 1.84. The summed E-state index contributed by atoms with van der Waals surface area (Å²) in [6, 6.07) is 0.916. The third-order valence-corrected chi connectivity index (χ3v) is 6.26. The third-order valence-electron chi connectivity index (χ3n) is 6.26. The average molecular weight is 404 g/mol. The van der Waals surface area contributed by atoms with Gasteiger partial charge in [0.05, 0.1) is 12.5 Å². The Bertz CT molecular complexity index is 701. The maximum Gasteiger partial charge on any atom is 0.320 e. The van der Waals surface area contributed by atoms with Crippen LogP contribution >= 0.6 is 0 Å². The number of amides is 1. The molecular weight excluding hydrogens is 366 g/mol. The summed E-state index contributed by atoms with van der Waals surface area (Å²) in [6.45, 7) is 11.7. The zero-order chi connectivity index (χ0) is 21.0. The number of carbonyl (C=O) groups is 1. The van der Waals surface area contributed by atoms with Gasteiger partial charge >= 0.3 is 6.01 Å². The molecule has 0 aromatic carbocycles. The molecule has 2 aliphatic rings. The quantitative estimate of drug-likeness (QED) is 0.680. The number of hydrogen-bond donors (Lipinski definition) is 1. The van der Waals surface area contributed by atoms with Crippen LogP contribution in [0.4, 0.5) is 11.6 Å². The van der Waals surface area contributed by atoms with Crippen molar-refractivity contribution in [3.63, 3.8) is 0 Å². The molecule has 1 aromatic heterocycles. The van der Waals surface area contributed by atoms with Crippen LogP contribution in [0.3, 0.4) is 0 Å². The van der Waals surface area contributed by atoms with E-state index in [2.05, 4.69) is 35.6 Å². The highest BCUT2D eigenvalue weighted by atomic mass is 16.5. The van der Waals surface area contributed by atoms with Crippen LogP contribution in [-0.4, -0.2) is 52.6 Å². The molecule has 0 bridgehead atoms. The van der Waals surface area contributed by atoms with Gasteiger partial charge in [-0.3, -0.25) is 9.69 Å². The number of nitrogens with two attached hydrogens (primary N) is 1. The van der Waals surface area contributed by atoms with Gasteiger partial charge < -0.3 is 15.4 Å². The molecule has 1 aromatic rings. The van der Waals surface area contributed by atoms with Crippen molar-refractivity contribution in [1.82, 2.24) is 14.9 Å². The monoisotopic (exact) mass is 403 g/mol. The normalized spacial score (nSPS) is 19.1. The molecule has 7 heteroatoms. The van der Waals surface area contributed by atoms with Crippen LogP contribution < -0.4 is 15.4 Å². The molecule has 3 rings (SSSR count). The van der Waals surface area contributed by atoms with Crippen molar-refractivity contribution >= 4 is 17.5 Å². The SMILES string of the molecule is CCC[C@H](C)Oc1nc(N)c2c(n1)N(CCCC1CCN(C(C)C)CC1)C(=O)C2. The molecule has 0 radical (unpaired) electrons. The van der Waals surface area contributed by atoms with Crippen molar-refractivity contribution in [2.75, 3.05) is 30.3 Å². The van der Waals surface area contributed by atoms with Gasteiger partial charge in [-0.1, -0.05) is 13.3 Å². The lowest BCUT2D eigenvalue weighted by atomic mass is 9.91. The van der Waals surface area contributed by atoms with E-state index in [-0.39, 0.29) is 18.0 Å². The summed E-state index contributed by atoms with van der Waals surface area (Å²) in [7, 11) is 0. The van der Waals surface area contributed by atoms with Gasteiger partial charge in [-0.05, 0) is 71.9 Å². The smallest absolute Gasteiger partial charge is 0.320 e. The minimum Gasteiger partial charge on any atom is -0.460 e. The lowest BCUT2D eigenvalue weighted by Gasteiger charge is -2.34. The van der Waals surface area contributed by atoms with Gasteiger partial charge in [0.2, 0.25) is 5.91 Å². The molecule has 2 N–H and O–H groups in total. The number of hydrogen-bond acceptors (Lipinski definition) is 6. The standard InChI is InChI=1S/C22H37N5O2/c1-5-7-16(4)29-22-24-20(23)18-14-19(28)27(21(18)25-22)11-6-8-17-9-12-26(13-10-17)15(2)3/h15-17H,5-14H2,1-4H3,(H2,23,24,25)/t16-/m0/s1. The van der Waals surface area contributed by atoms with Crippen LogP contribution in [-0.2, 0) is 11.2 Å². The van der Waals surface area contributed by atoms with E-state index in [1.165, 1.54) is 25.9 Å². The van der Waals surface area contributed by atoms with Gasteiger partial charge in [-0.15, -0.1) is 0 Å². The summed E-state index contributed by atoms with van der Waals surface area (Å²) in [5, 5.41) is 0. The van der Waals surface area contributed by atoms with Crippen molar-refractivity contribution in [2.45, 2.75) is 84.8 Å². The molecule has 2 aliphatic heterocycles. The van der Waals surface area contributed by atoms with E-state index in [1.54, 1.807) is 4.90 Å². The van der Waals surface area contributed by atoms with Crippen molar-refractivity contribution in [1.29, 1.82) is 0 Å². The summed E-state index contributed by atoms with van der Waals surface area (Å²) in [5.41, 5.74) is 6.86. The van der Waals surface area contributed by atoms with Crippen molar-refractivity contribution in [3.8, 4) is 6.01 Å². The fourth-order valence-corrected chi connectivity index (χ4v) is 4.45. The number of likely N-dealkylation sites (tertiary alicyclic amines) is 1. The summed E-state index contributed by atoms with van der Waals surface area (Å²) >= 11 is 0. The van der Waals surface area contributed by atoms with Crippen LogP contribution in [0.15, 0.2) is 0 Å². The molecule has 1 saturated heterocycles. The predicted molar refractivity (Wildman–Crippen MR) is 116 cm³/mol. The Labute approximate surface area is 175 Å². The minimum absolute atomic E-state index is 0.0275. The zero-order valence-corrected chi connectivity index (χ0v) is 18.5. The third kappa shape index (κ3) is 5.38. The molecule has 1 amide bonds. The molecular formula is C22H37N5O2. The Morgan fingerprint density at radius 1 is 1.21 bits per heavy atom. The predicted octanol–water partition coefficient (Wildman–Crippen LogP) is 3.42. The van der Waals surface area contributed by atoms with Crippen LogP contribution in [0, 0.1) is 5.92 Å². The van der Waals surface area contributed by atoms with E-state index in [0.717, 1.165) is 37.2 Å². The number of fused-ring (bicyclic) bond motifs is 1. The fourth-order valence-electron chi connectivity index (χ4n) is 4.45. The first-order valence-electron chi connectivity index (χ1n) is 11.3. The van der Waals surface area contributed by atoms with E-state index >= 15 is 0 Å². The molecule has 29 heavy (non-hydrogen) atoms. The lowest BCUT2D eigenvalue weighted by Crippen LogP contribution is -2.38. The van der Waals surface area contributed by atoms with Gasteiger partial charge in [0.25, 0.3) is 0 Å². The van der Waals surface area contributed by atoms with Crippen LogP contribution in [0.25, 0.3) is 0 Å². The molecule has 1 fully saturated rings. The topological polar surface area (TPSA) is 84.6 Å². The molecule has 7 nitrogen and oxygen atoms in total. The first kappa shape index (κ1) is 21.8. The minimum atomic E-state index is 0.0275. The Kier molecular flexibility index (Phi) is 7.33. The number of nitrogen functional groups attached to an aromatic ring is 1. The highest BCUT2D eigenvalue weighted by Crippen LogP contribution is 2.33.